The average molecular weight is 373 g/mol. The largest absolute Gasteiger partial charge is 0.503 e. The number of halogens is 1. The third kappa shape index (κ3) is 2.97. The number of carbonyl (C=O) groups is 1. The third-order valence-corrected chi connectivity index (χ3v) is 5.08. The minimum atomic E-state index is -0.751. The molecule has 0 saturated carbocycles. The van der Waals surface area contributed by atoms with Crippen LogP contribution in [0.3, 0.4) is 0 Å². The van der Waals surface area contributed by atoms with Crippen LogP contribution in [0.4, 0.5) is 10.1 Å². The summed E-state index contributed by atoms with van der Waals surface area (Å²) in [6.45, 7) is 3.92. The molecule has 0 radical (unpaired) electrons. The van der Waals surface area contributed by atoms with E-state index in [2.05, 4.69) is 0 Å². The van der Waals surface area contributed by atoms with Crippen LogP contribution < -0.4 is 4.90 Å². The Labute approximate surface area is 163 Å². The molecule has 0 unspecified atom stereocenters. The molecular weight excluding hydrogens is 353 g/mol. The molecule has 3 aromatic carbocycles. The van der Waals surface area contributed by atoms with E-state index in [0.717, 1.165) is 11.1 Å². The summed E-state index contributed by atoms with van der Waals surface area (Å²) in [6.07, 6.45) is 0. The molecule has 140 valence electrons. The highest BCUT2D eigenvalue weighted by Crippen LogP contribution is 2.45. The molecule has 1 heterocycles. The molecule has 0 fully saturated rings. The summed E-state index contributed by atoms with van der Waals surface area (Å²) in [4.78, 5) is 14.5. The van der Waals surface area contributed by atoms with Crippen LogP contribution in [0.25, 0.3) is 5.57 Å². The van der Waals surface area contributed by atoms with Crippen LogP contribution in [0.15, 0.2) is 78.6 Å². The Balaban J connectivity index is 1.93. The highest BCUT2D eigenvalue weighted by Gasteiger charge is 2.42. The maximum atomic E-state index is 14.8. The predicted molar refractivity (Wildman–Crippen MR) is 109 cm³/mol. The number of aliphatic hydroxyl groups is 1. The van der Waals surface area contributed by atoms with Crippen molar-refractivity contribution in [1.29, 1.82) is 0 Å². The second-order valence-electron chi connectivity index (χ2n) is 7.06. The van der Waals surface area contributed by atoms with Gasteiger partial charge < -0.3 is 5.11 Å². The molecule has 1 atom stereocenters. The van der Waals surface area contributed by atoms with Gasteiger partial charge in [0.25, 0.3) is 5.91 Å². The van der Waals surface area contributed by atoms with E-state index in [1.807, 2.05) is 62.4 Å². The summed E-state index contributed by atoms with van der Waals surface area (Å²) in [5.41, 5.74) is 4.17. The van der Waals surface area contributed by atoms with Gasteiger partial charge in [-0.05, 0) is 37.6 Å². The first-order chi connectivity index (χ1) is 13.5. The first-order valence-corrected chi connectivity index (χ1v) is 9.12. The summed E-state index contributed by atoms with van der Waals surface area (Å²) in [7, 11) is 0. The van der Waals surface area contributed by atoms with E-state index in [1.54, 1.807) is 18.2 Å². The molecule has 0 saturated heterocycles. The van der Waals surface area contributed by atoms with Gasteiger partial charge in [0.05, 0.1) is 6.04 Å². The lowest BCUT2D eigenvalue weighted by Crippen LogP contribution is -2.30. The van der Waals surface area contributed by atoms with Crippen molar-refractivity contribution in [2.24, 2.45) is 0 Å². The second kappa shape index (κ2) is 6.97. The summed E-state index contributed by atoms with van der Waals surface area (Å²) < 4.78 is 14.8. The number of carbonyl (C=O) groups excluding carboxylic acids is 1. The van der Waals surface area contributed by atoms with Gasteiger partial charge in [-0.3, -0.25) is 9.69 Å². The van der Waals surface area contributed by atoms with Crippen molar-refractivity contribution in [3.8, 4) is 0 Å². The number of hydrogen-bond acceptors (Lipinski definition) is 2. The lowest BCUT2D eigenvalue weighted by atomic mass is 9.92. The lowest BCUT2D eigenvalue weighted by molar-refractivity contribution is -0.117. The Morgan fingerprint density at radius 2 is 1.43 bits per heavy atom. The molecule has 0 aliphatic carbocycles. The van der Waals surface area contributed by atoms with Gasteiger partial charge in [-0.2, -0.15) is 0 Å². The summed E-state index contributed by atoms with van der Waals surface area (Å²) >= 11 is 0. The first-order valence-electron chi connectivity index (χ1n) is 9.12. The standard InChI is InChI=1S/C24H20FNO2/c1-15-7-11-17(12-8-15)21-22(19-5-3-4-6-20(19)25)26(24(28)23(21)27)18-13-9-16(2)10-14-18/h3-14,22,27H,1-2H3/t22-/m1/s1. The average Bonchev–Trinajstić information content (AvgIpc) is 2.95. The van der Waals surface area contributed by atoms with Gasteiger partial charge >= 0.3 is 0 Å². The first kappa shape index (κ1) is 18.0. The molecule has 4 heteroatoms. The van der Waals surface area contributed by atoms with Gasteiger partial charge in [-0.15, -0.1) is 0 Å². The van der Waals surface area contributed by atoms with E-state index >= 15 is 0 Å². The van der Waals surface area contributed by atoms with Gasteiger partial charge in [-0.25, -0.2) is 4.39 Å². The second-order valence-corrected chi connectivity index (χ2v) is 7.06. The van der Waals surface area contributed by atoms with E-state index in [1.165, 1.54) is 11.0 Å². The number of aryl methyl sites for hydroxylation is 2. The Morgan fingerprint density at radius 1 is 0.857 bits per heavy atom. The Hall–Kier alpha value is -3.40. The van der Waals surface area contributed by atoms with E-state index in [-0.39, 0.29) is 5.76 Å². The smallest absolute Gasteiger partial charge is 0.294 e. The minimum Gasteiger partial charge on any atom is -0.503 e. The molecule has 3 aromatic rings. The normalized spacial score (nSPS) is 16.8. The zero-order valence-corrected chi connectivity index (χ0v) is 15.7. The van der Waals surface area contributed by atoms with Crippen LogP contribution in [-0.4, -0.2) is 11.0 Å². The highest BCUT2D eigenvalue weighted by atomic mass is 19.1. The van der Waals surface area contributed by atoms with Crippen molar-refractivity contribution in [2.75, 3.05) is 4.90 Å². The van der Waals surface area contributed by atoms with Crippen molar-refractivity contribution < 1.29 is 14.3 Å². The molecule has 0 bridgehead atoms. The van der Waals surface area contributed by atoms with Crippen molar-refractivity contribution in [1.82, 2.24) is 0 Å². The fourth-order valence-corrected chi connectivity index (χ4v) is 3.60. The van der Waals surface area contributed by atoms with Crippen LogP contribution in [-0.2, 0) is 4.79 Å². The quantitative estimate of drug-likeness (QED) is 0.659. The van der Waals surface area contributed by atoms with Gasteiger partial charge in [-0.1, -0.05) is 65.7 Å². The van der Waals surface area contributed by atoms with E-state index in [9.17, 15) is 14.3 Å². The van der Waals surface area contributed by atoms with Crippen LogP contribution in [0.5, 0.6) is 0 Å². The summed E-state index contributed by atoms with van der Waals surface area (Å²) in [6, 6.07) is 20.5. The molecule has 1 N–H and O–H groups in total. The zero-order chi connectivity index (χ0) is 19.8. The molecule has 0 spiro atoms. The SMILES string of the molecule is Cc1ccc(C2=C(O)C(=O)N(c3ccc(C)cc3)[C@@H]2c2ccccc2F)cc1. The molecular formula is C24H20FNO2. The topological polar surface area (TPSA) is 40.5 Å². The van der Waals surface area contributed by atoms with Gasteiger partial charge in [0.2, 0.25) is 0 Å². The number of aliphatic hydroxyl groups excluding tert-OH is 1. The van der Waals surface area contributed by atoms with Gasteiger partial charge in [0, 0.05) is 16.8 Å². The third-order valence-electron chi connectivity index (χ3n) is 5.08. The number of amides is 1. The number of anilines is 1. The van der Waals surface area contributed by atoms with Crippen LogP contribution in [0.2, 0.25) is 0 Å². The van der Waals surface area contributed by atoms with Crippen LogP contribution in [0.1, 0.15) is 28.3 Å². The summed E-state index contributed by atoms with van der Waals surface area (Å²) in [5, 5.41) is 10.8. The highest BCUT2D eigenvalue weighted by molar-refractivity contribution is 6.16. The van der Waals surface area contributed by atoms with Crippen LogP contribution in [0, 0.1) is 19.7 Å². The Bertz CT molecular complexity index is 1070. The molecule has 0 aromatic heterocycles. The maximum Gasteiger partial charge on any atom is 0.294 e. The summed E-state index contributed by atoms with van der Waals surface area (Å²) in [5.74, 6) is -1.30. The predicted octanol–water partition coefficient (Wildman–Crippen LogP) is 5.50. The number of benzene rings is 3. The molecule has 1 aliphatic heterocycles. The van der Waals surface area contributed by atoms with Crippen molar-refractivity contribution in [2.45, 2.75) is 19.9 Å². The van der Waals surface area contributed by atoms with Crippen molar-refractivity contribution >= 4 is 17.2 Å². The van der Waals surface area contributed by atoms with Gasteiger partial charge in [0.1, 0.15) is 5.82 Å². The molecule has 4 rings (SSSR count). The zero-order valence-electron chi connectivity index (χ0n) is 15.7. The van der Waals surface area contributed by atoms with E-state index in [4.69, 9.17) is 0 Å². The van der Waals surface area contributed by atoms with Crippen molar-refractivity contribution in [3.63, 3.8) is 0 Å². The Morgan fingerprint density at radius 3 is 2.04 bits per heavy atom. The van der Waals surface area contributed by atoms with Crippen molar-refractivity contribution in [3.05, 3.63) is 107 Å². The number of rotatable bonds is 3. The van der Waals surface area contributed by atoms with Gasteiger partial charge in [0.15, 0.2) is 5.76 Å². The molecule has 3 nitrogen and oxygen atoms in total. The number of nitrogens with zero attached hydrogens (tertiary/aromatic N) is 1. The number of hydrogen-bond donors (Lipinski definition) is 1. The lowest BCUT2D eigenvalue weighted by Gasteiger charge is -2.28. The Kier molecular flexibility index (Phi) is 4.47. The fourth-order valence-electron chi connectivity index (χ4n) is 3.60. The fraction of sp³-hybridized carbons (Fsp3) is 0.125. The molecule has 28 heavy (non-hydrogen) atoms. The molecule has 1 amide bonds. The molecule has 1 aliphatic rings. The van der Waals surface area contributed by atoms with Crippen LogP contribution >= 0.6 is 0 Å². The monoisotopic (exact) mass is 373 g/mol. The van der Waals surface area contributed by atoms with E-state index in [0.29, 0.717) is 22.4 Å². The van der Waals surface area contributed by atoms with E-state index < -0.39 is 17.8 Å². The maximum absolute atomic E-state index is 14.8. The minimum absolute atomic E-state index is 0.344.